The highest BCUT2D eigenvalue weighted by molar-refractivity contribution is 5.89. The number of hydrogen-bond donors (Lipinski definition) is 2. The first-order valence-electron chi connectivity index (χ1n) is 10.9. The molecule has 2 N–H and O–H groups in total. The zero-order chi connectivity index (χ0) is 22.7. The number of carbonyl (C=O) groups is 1. The molecule has 0 spiro atoms. The van der Waals surface area contributed by atoms with Crippen LogP contribution < -0.4 is 15.4 Å². The first-order valence-corrected chi connectivity index (χ1v) is 10.9. The van der Waals surface area contributed by atoms with Gasteiger partial charge in [-0.15, -0.1) is 0 Å². The summed E-state index contributed by atoms with van der Waals surface area (Å²) in [5.74, 6) is 1.63. The van der Waals surface area contributed by atoms with Gasteiger partial charge in [-0.2, -0.15) is 0 Å². The molecule has 32 heavy (non-hydrogen) atoms. The van der Waals surface area contributed by atoms with E-state index in [2.05, 4.69) is 43.6 Å². The van der Waals surface area contributed by atoms with Gasteiger partial charge in [0.2, 0.25) is 11.8 Å². The fraction of sp³-hybridized carbons (Fsp3) is 0.435. The Morgan fingerprint density at radius 1 is 1.28 bits per heavy atom. The third-order valence-electron chi connectivity index (χ3n) is 5.52. The zero-order valence-corrected chi connectivity index (χ0v) is 18.9. The first-order chi connectivity index (χ1) is 15.5. The van der Waals surface area contributed by atoms with Crippen molar-refractivity contribution in [3.05, 3.63) is 35.8 Å². The largest absolute Gasteiger partial charge is 0.476 e. The van der Waals surface area contributed by atoms with Crippen LogP contribution in [0.1, 0.15) is 32.0 Å². The third kappa shape index (κ3) is 4.62. The van der Waals surface area contributed by atoms with Gasteiger partial charge in [0.1, 0.15) is 17.5 Å². The quantitative estimate of drug-likeness (QED) is 0.516. The van der Waals surface area contributed by atoms with Crippen molar-refractivity contribution in [2.45, 2.75) is 39.8 Å². The molecule has 1 aliphatic rings. The molecule has 0 bridgehead atoms. The SMILES string of the molecule is CCOc1nc2c(cc1Nc1ncc3ccnc(N[C@@H](C=O)C(C)C)c3n1)CN(C)CC2. The van der Waals surface area contributed by atoms with Gasteiger partial charge in [0.05, 0.1) is 18.3 Å². The Morgan fingerprint density at radius 3 is 2.88 bits per heavy atom. The number of pyridine rings is 2. The van der Waals surface area contributed by atoms with Crippen LogP contribution in [0.15, 0.2) is 24.5 Å². The summed E-state index contributed by atoms with van der Waals surface area (Å²) in [4.78, 5) is 32.1. The molecule has 9 nitrogen and oxygen atoms in total. The summed E-state index contributed by atoms with van der Waals surface area (Å²) in [5, 5.41) is 7.31. The minimum absolute atomic E-state index is 0.123. The van der Waals surface area contributed by atoms with Gasteiger partial charge in [-0.3, -0.25) is 0 Å². The van der Waals surface area contributed by atoms with E-state index in [1.165, 1.54) is 5.56 Å². The van der Waals surface area contributed by atoms with Gasteiger partial charge in [0.15, 0.2) is 5.82 Å². The number of anilines is 3. The van der Waals surface area contributed by atoms with Gasteiger partial charge in [-0.05, 0) is 37.6 Å². The lowest BCUT2D eigenvalue weighted by molar-refractivity contribution is -0.109. The van der Waals surface area contributed by atoms with Crippen LogP contribution in [0.2, 0.25) is 0 Å². The Kier molecular flexibility index (Phi) is 6.45. The predicted molar refractivity (Wildman–Crippen MR) is 124 cm³/mol. The minimum Gasteiger partial charge on any atom is -0.476 e. The van der Waals surface area contributed by atoms with E-state index in [4.69, 9.17) is 9.72 Å². The Balaban J connectivity index is 1.69. The average molecular weight is 436 g/mol. The van der Waals surface area contributed by atoms with Gasteiger partial charge in [0, 0.05) is 37.3 Å². The molecule has 0 aliphatic carbocycles. The molecule has 0 unspecified atom stereocenters. The maximum atomic E-state index is 11.5. The molecule has 3 aromatic rings. The topological polar surface area (TPSA) is 105 Å². The van der Waals surface area contributed by atoms with E-state index in [1.54, 1.807) is 12.4 Å². The third-order valence-corrected chi connectivity index (χ3v) is 5.52. The summed E-state index contributed by atoms with van der Waals surface area (Å²) in [5.41, 5.74) is 3.61. The molecule has 1 atom stereocenters. The van der Waals surface area contributed by atoms with Crippen molar-refractivity contribution in [3.8, 4) is 5.88 Å². The van der Waals surface area contributed by atoms with E-state index in [9.17, 15) is 4.79 Å². The number of nitrogens with one attached hydrogen (secondary N) is 2. The molecule has 1 aliphatic heterocycles. The second kappa shape index (κ2) is 9.44. The summed E-state index contributed by atoms with van der Waals surface area (Å²) in [7, 11) is 2.10. The Hall–Kier alpha value is -3.33. The Labute approximate surface area is 187 Å². The van der Waals surface area contributed by atoms with Crippen LogP contribution in [0.5, 0.6) is 5.88 Å². The van der Waals surface area contributed by atoms with E-state index in [1.807, 2.05) is 26.8 Å². The van der Waals surface area contributed by atoms with Crippen molar-refractivity contribution in [1.82, 2.24) is 24.8 Å². The molecule has 0 saturated carbocycles. The van der Waals surface area contributed by atoms with Crippen LogP contribution in [0.25, 0.3) is 10.9 Å². The highest BCUT2D eigenvalue weighted by Crippen LogP contribution is 2.31. The van der Waals surface area contributed by atoms with Gasteiger partial charge in [-0.1, -0.05) is 13.8 Å². The molecule has 0 aromatic carbocycles. The fourth-order valence-corrected chi connectivity index (χ4v) is 3.69. The average Bonchev–Trinajstić information content (AvgIpc) is 2.78. The van der Waals surface area contributed by atoms with E-state index in [-0.39, 0.29) is 12.0 Å². The summed E-state index contributed by atoms with van der Waals surface area (Å²) < 4.78 is 5.80. The Bertz CT molecular complexity index is 1120. The number of ether oxygens (including phenoxy) is 1. The van der Waals surface area contributed by atoms with Gasteiger partial charge in [0.25, 0.3) is 0 Å². The lowest BCUT2D eigenvalue weighted by atomic mass is 10.1. The number of hydrogen-bond acceptors (Lipinski definition) is 9. The van der Waals surface area contributed by atoms with Crippen molar-refractivity contribution in [3.63, 3.8) is 0 Å². The molecule has 4 rings (SSSR count). The predicted octanol–water partition coefficient (Wildman–Crippen LogP) is 3.19. The number of carbonyl (C=O) groups excluding carboxylic acids is 1. The number of aromatic nitrogens is 4. The normalized spacial score (nSPS) is 14.8. The number of aldehydes is 1. The van der Waals surface area contributed by atoms with Crippen LogP contribution in [0.4, 0.5) is 17.5 Å². The number of rotatable bonds is 8. The Morgan fingerprint density at radius 2 is 2.12 bits per heavy atom. The number of fused-ring (bicyclic) bond motifs is 2. The zero-order valence-electron chi connectivity index (χ0n) is 18.9. The van der Waals surface area contributed by atoms with Gasteiger partial charge in [-0.25, -0.2) is 19.9 Å². The van der Waals surface area contributed by atoms with Crippen LogP contribution >= 0.6 is 0 Å². The highest BCUT2D eigenvalue weighted by atomic mass is 16.5. The van der Waals surface area contributed by atoms with E-state index >= 15 is 0 Å². The van der Waals surface area contributed by atoms with E-state index in [0.29, 0.717) is 29.8 Å². The van der Waals surface area contributed by atoms with E-state index in [0.717, 1.165) is 42.6 Å². The molecule has 0 radical (unpaired) electrons. The summed E-state index contributed by atoms with van der Waals surface area (Å²) in [6.07, 6.45) is 5.21. The molecule has 168 valence electrons. The van der Waals surface area contributed by atoms with Crippen LogP contribution in [0, 0.1) is 5.92 Å². The molecular weight excluding hydrogens is 406 g/mol. The summed E-state index contributed by atoms with van der Waals surface area (Å²) in [6.45, 7) is 8.23. The monoisotopic (exact) mass is 435 g/mol. The molecule has 0 fully saturated rings. The number of likely N-dealkylation sites (N-methyl/N-ethyl adjacent to an activating group) is 1. The minimum atomic E-state index is -0.356. The van der Waals surface area contributed by atoms with Crippen molar-refractivity contribution in [2.24, 2.45) is 5.92 Å². The fourth-order valence-electron chi connectivity index (χ4n) is 3.69. The van der Waals surface area contributed by atoms with Crippen LogP contribution in [-0.4, -0.2) is 57.4 Å². The molecule has 9 heteroatoms. The van der Waals surface area contributed by atoms with Crippen LogP contribution in [0.3, 0.4) is 0 Å². The molecule has 3 aromatic heterocycles. The smallest absolute Gasteiger partial charge is 0.238 e. The molecule has 0 amide bonds. The van der Waals surface area contributed by atoms with Crippen molar-refractivity contribution < 1.29 is 9.53 Å². The molecule has 0 saturated heterocycles. The summed E-state index contributed by atoms with van der Waals surface area (Å²) in [6, 6.07) is 3.56. The maximum absolute atomic E-state index is 11.5. The highest BCUT2D eigenvalue weighted by Gasteiger charge is 2.20. The lowest BCUT2D eigenvalue weighted by Crippen LogP contribution is -2.27. The van der Waals surface area contributed by atoms with Gasteiger partial charge < -0.3 is 25.1 Å². The number of nitrogens with zero attached hydrogens (tertiary/aromatic N) is 5. The van der Waals surface area contributed by atoms with Crippen LogP contribution in [-0.2, 0) is 17.8 Å². The lowest BCUT2D eigenvalue weighted by Gasteiger charge is -2.25. The maximum Gasteiger partial charge on any atom is 0.238 e. The molecular formula is C23H29N7O2. The molecule has 4 heterocycles. The van der Waals surface area contributed by atoms with Gasteiger partial charge >= 0.3 is 0 Å². The van der Waals surface area contributed by atoms with Crippen molar-refractivity contribution in [1.29, 1.82) is 0 Å². The standard InChI is InChI=1S/C23H29N7O2/c1-5-32-22-18(10-16-12-30(4)9-7-17(16)27-22)28-23-25-11-15-6-8-24-21(20(15)29-23)26-19(13-31)14(2)3/h6,8,10-11,13-14,19H,5,7,9,12H2,1-4H3,(H,24,26)(H,25,28,29)/t19-/m0/s1. The second-order valence-corrected chi connectivity index (χ2v) is 8.33. The first kappa shape index (κ1) is 21.9. The van der Waals surface area contributed by atoms with Crippen molar-refractivity contribution >= 4 is 34.6 Å². The summed E-state index contributed by atoms with van der Waals surface area (Å²) >= 11 is 0. The van der Waals surface area contributed by atoms with Crippen molar-refractivity contribution in [2.75, 3.05) is 30.8 Å². The van der Waals surface area contributed by atoms with E-state index < -0.39 is 0 Å². The second-order valence-electron chi connectivity index (χ2n) is 8.33.